The Hall–Kier alpha value is -0.790. The van der Waals surface area contributed by atoms with Crippen LogP contribution >= 0.6 is 0 Å². The van der Waals surface area contributed by atoms with Crippen LogP contribution in [-0.2, 0) is 9.53 Å². The number of carbonyl (C=O) groups excluding carboxylic acids is 1. The van der Waals surface area contributed by atoms with Gasteiger partial charge in [-0.2, -0.15) is 0 Å². The number of hydrogen-bond acceptors (Lipinski definition) is 2. The molecular formula is C12H22O2. The van der Waals surface area contributed by atoms with Gasteiger partial charge in [0.25, 0.3) is 0 Å². The number of hydrogen-bond donors (Lipinski definition) is 0. The van der Waals surface area contributed by atoms with E-state index in [4.69, 9.17) is 4.74 Å². The van der Waals surface area contributed by atoms with Gasteiger partial charge in [0, 0.05) is 6.08 Å². The van der Waals surface area contributed by atoms with E-state index in [1.807, 2.05) is 0 Å². The highest BCUT2D eigenvalue weighted by molar-refractivity contribution is 5.81. The lowest BCUT2D eigenvalue weighted by Crippen LogP contribution is -2.15. The molecule has 0 spiro atoms. The van der Waals surface area contributed by atoms with Crippen molar-refractivity contribution in [2.75, 3.05) is 6.61 Å². The van der Waals surface area contributed by atoms with E-state index in [1.165, 1.54) is 25.3 Å². The van der Waals surface area contributed by atoms with Crippen LogP contribution in [-0.4, -0.2) is 12.6 Å². The van der Waals surface area contributed by atoms with Crippen LogP contribution in [0.25, 0.3) is 0 Å². The number of rotatable bonds is 7. The van der Waals surface area contributed by atoms with E-state index >= 15 is 0 Å². The summed E-state index contributed by atoms with van der Waals surface area (Å²) in [6.45, 7) is 10.5. The summed E-state index contributed by atoms with van der Waals surface area (Å²) >= 11 is 0. The van der Waals surface area contributed by atoms with Crippen LogP contribution in [0.4, 0.5) is 0 Å². The molecule has 0 heterocycles. The van der Waals surface area contributed by atoms with Crippen LogP contribution in [0.3, 0.4) is 0 Å². The highest BCUT2D eigenvalue weighted by atomic mass is 16.5. The minimum absolute atomic E-state index is 0.275. The van der Waals surface area contributed by atoms with Gasteiger partial charge < -0.3 is 4.74 Å². The minimum atomic E-state index is -0.323. The van der Waals surface area contributed by atoms with Gasteiger partial charge in [-0.05, 0) is 18.3 Å². The van der Waals surface area contributed by atoms with Gasteiger partial charge in [0.15, 0.2) is 0 Å². The van der Waals surface area contributed by atoms with Crippen molar-refractivity contribution in [3.63, 3.8) is 0 Å². The topological polar surface area (TPSA) is 26.3 Å². The van der Waals surface area contributed by atoms with Gasteiger partial charge in [-0.3, -0.25) is 0 Å². The Bertz CT molecular complexity index is 183. The summed E-state index contributed by atoms with van der Waals surface area (Å²) in [4.78, 5) is 10.8. The summed E-state index contributed by atoms with van der Waals surface area (Å²) in [6, 6.07) is 0. The quantitative estimate of drug-likeness (QED) is 0.463. The molecule has 0 radical (unpaired) electrons. The molecule has 2 heteroatoms. The lowest BCUT2D eigenvalue weighted by atomic mass is 9.84. The average Bonchev–Trinajstić information content (AvgIpc) is 2.14. The number of ether oxygens (including phenoxy) is 1. The zero-order valence-corrected chi connectivity index (χ0v) is 9.64. The van der Waals surface area contributed by atoms with Gasteiger partial charge in [-0.15, -0.1) is 0 Å². The molecule has 0 amide bonds. The average molecular weight is 198 g/mol. The third-order valence-corrected chi connectivity index (χ3v) is 2.40. The van der Waals surface area contributed by atoms with Crippen LogP contribution in [0, 0.1) is 5.41 Å². The van der Waals surface area contributed by atoms with E-state index < -0.39 is 0 Å². The fourth-order valence-electron chi connectivity index (χ4n) is 1.27. The van der Waals surface area contributed by atoms with Gasteiger partial charge in [0.05, 0.1) is 6.61 Å². The molecule has 0 saturated heterocycles. The van der Waals surface area contributed by atoms with Crippen LogP contribution in [0.15, 0.2) is 12.7 Å². The highest BCUT2D eigenvalue weighted by Crippen LogP contribution is 2.27. The fourth-order valence-corrected chi connectivity index (χ4v) is 1.27. The first-order valence-electron chi connectivity index (χ1n) is 5.31. The third kappa shape index (κ3) is 6.70. The van der Waals surface area contributed by atoms with Crippen molar-refractivity contribution < 1.29 is 9.53 Å². The zero-order valence-electron chi connectivity index (χ0n) is 9.64. The van der Waals surface area contributed by atoms with Crippen LogP contribution in [0.1, 0.15) is 46.5 Å². The van der Waals surface area contributed by atoms with Crippen LogP contribution in [0.5, 0.6) is 0 Å². The van der Waals surface area contributed by atoms with Gasteiger partial charge in [-0.1, -0.05) is 40.2 Å². The maximum atomic E-state index is 10.8. The van der Waals surface area contributed by atoms with E-state index in [0.29, 0.717) is 6.61 Å². The highest BCUT2D eigenvalue weighted by Gasteiger charge is 2.17. The molecule has 0 aliphatic heterocycles. The Labute approximate surface area is 87.3 Å². The predicted molar refractivity (Wildman–Crippen MR) is 59.1 cm³/mol. The zero-order chi connectivity index (χ0) is 11.0. The Kier molecular flexibility index (Phi) is 6.26. The molecule has 0 atom stereocenters. The lowest BCUT2D eigenvalue weighted by molar-refractivity contribution is -0.138. The van der Waals surface area contributed by atoms with Crippen molar-refractivity contribution in [3.05, 3.63) is 12.7 Å². The second-order valence-corrected chi connectivity index (χ2v) is 4.39. The second kappa shape index (κ2) is 6.63. The molecule has 0 aliphatic rings. The second-order valence-electron chi connectivity index (χ2n) is 4.39. The fraction of sp³-hybridized carbons (Fsp3) is 0.750. The first kappa shape index (κ1) is 13.2. The van der Waals surface area contributed by atoms with Gasteiger partial charge in [-0.25, -0.2) is 4.79 Å². The Balaban J connectivity index is 3.64. The summed E-state index contributed by atoms with van der Waals surface area (Å²) in [6.07, 6.45) is 5.78. The number of carbonyl (C=O) groups is 1. The van der Waals surface area contributed by atoms with Gasteiger partial charge in [0.1, 0.15) is 0 Å². The first-order chi connectivity index (χ1) is 6.52. The maximum absolute atomic E-state index is 10.8. The molecule has 0 aromatic heterocycles. The van der Waals surface area contributed by atoms with Crippen molar-refractivity contribution in [1.82, 2.24) is 0 Å². The molecular weight excluding hydrogens is 176 g/mol. The molecule has 82 valence electrons. The molecule has 0 aromatic carbocycles. The Morgan fingerprint density at radius 3 is 2.57 bits per heavy atom. The van der Waals surface area contributed by atoms with Crippen molar-refractivity contribution in [3.8, 4) is 0 Å². The molecule has 0 unspecified atom stereocenters. The number of esters is 1. The predicted octanol–water partition coefficient (Wildman–Crippen LogP) is 3.32. The Morgan fingerprint density at radius 1 is 1.43 bits per heavy atom. The number of unbranched alkanes of at least 4 members (excludes halogenated alkanes) is 1. The monoisotopic (exact) mass is 198 g/mol. The van der Waals surface area contributed by atoms with E-state index in [9.17, 15) is 4.79 Å². The van der Waals surface area contributed by atoms with Crippen molar-refractivity contribution in [1.29, 1.82) is 0 Å². The molecule has 0 fully saturated rings. The van der Waals surface area contributed by atoms with E-state index in [2.05, 4.69) is 27.4 Å². The standard InChI is InChI=1S/C12H22O2/c1-5-7-8-12(3,4)9-10-14-11(13)6-2/h6H,2,5,7-10H2,1,3-4H3. The van der Waals surface area contributed by atoms with E-state index in [0.717, 1.165) is 6.42 Å². The van der Waals surface area contributed by atoms with E-state index in [-0.39, 0.29) is 11.4 Å². The van der Waals surface area contributed by atoms with Crippen LogP contribution in [0.2, 0.25) is 0 Å². The summed E-state index contributed by atoms with van der Waals surface area (Å²) in [7, 11) is 0. The molecule has 0 aromatic rings. The summed E-state index contributed by atoms with van der Waals surface area (Å²) in [5, 5.41) is 0. The van der Waals surface area contributed by atoms with Crippen molar-refractivity contribution in [2.45, 2.75) is 46.5 Å². The molecule has 0 bridgehead atoms. The molecule has 2 nitrogen and oxygen atoms in total. The Morgan fingerprint density at radius 2 is 2.07 bits per heavy atom. The summed E-state index contributed by atoms with van der Waals surface area (Å²) in [5.74, 6) is -0.323. The molecule has 0 aliphatic carbocycles. The third-order valence-electron chi connectivity index (χ3n) is 2.40. The largest absolute Gasteiger partial charge is 0.463 e. The minimum Gasteiger partial charge on any atom is -0.463 e. The lowest BCUT2D eigenvalue weighted by Gasteiger charge is -2.23. The summed E-state index contributed by atoms with van der Waals surface area (Å²) < 4.78 is 4.95. The van der Waals surface area contributed by atoms with E-state index in [1.54, 1.807) is 0 Å². The smallest absolute Gasteiger partial charge is 0.330 e. The molecule has 0 rings (SSSR count). The van der Waals surface area contributed by atoms with Crippen LogP contribution < -0.4 is 0 Å². The van der Waals surface area contributed by atoms with Gasteiger partial charge >= 0.3 is 5.97 Å². The van der Waals surface area contributed by atoms with Gasteiger partial charge in [0.2, 0.25) is 0 Å². The SMILES string of the molecule is C=CC(=O)OCCC(C)(C)CCCC. The molecule has 0 N–H and O–H groups in total. The molecule has 0 saturated carbocycles. The molecule has 14 heavy (non-hydrogen) atoms. The first-order valence-corrected chi connectivity index (χ1v) is 5.31. The van der Waals surface area contributed by atoms with Crippen molar-refractivity contribution in [2.24, 2.45) is 5.41 Å². The van der Waals surface area contributed by atoms with Crippen molar-refractivity contribution >= 4 is 5.97 Å². The summed E-state index contributed by atoms with van der Waals surface area (Å²) in [5.41, 5.74) is 0.275. The normalized spacial score (nSPS) is 11.1. The maximum Gasteiger partial charge on any atom is 0.330 e.